The maximum absolute atomic E-state index is 12.7. The Balaban J connectivity index is 1.82. The Kier molecular flexibility index (Phi) is 4.89. The first-order valence-corrected chi connectivity index (χ1v) is 6.36. The molecule has 0 saturated carbocycles. The molecule has 0 aliphatic carbocycles. The van der Waals surface area contributed by atoms with Crippen LogP contribution in [0.4, 0.5) is 10.1 Å². The van der Waals surface area contributed by atoms with Crippen molar-refractivity contribution in [1.82, 2.24) is 0 Å². The summed E-state index contributed by atoms with van der Waals surface area (Å²) in [5.41, 5.74) is 0.886. The first-order valence-electron chi connectivity index (χ1n) is 6.36. The lowest BCUT2D eigenvalue weighted by atomic mass is 10.2. The molecule has 2 aromatic rings. The van der Waals surface area contributed by atoms with Crippen molar-refractivity contribution in [3.8, 4) is 11.8 Å². The smallest absolute Gasteiger partial charge is 0.227 e. The molecule has 4 nitrogen and oxygen atoms in total. The topological polar surface area (TPSA) is 62.1 Å². The Bertz CT molecular complexity index is 663. The summed E-state index contributed by atoms with van der Waals surface area (Å²) >= 11 is 0. The molecule has 0 heterocycles. The summed E-state index contributed by atoms with van der Waals surface area (Å²) < 4.78 is 18.0. The average Bonchev–Trinajstić information content (AvgIpc) is 2.50. The van der Waals surface area contributed by atoms with Gasteiger partial charge in [-0.25, -0.2) is 4.39 Å². The lowest BCUT2D eigenvalue weighted by Crippen LogP contribution is -2.15. The number of nitrogens with one attached hydrogen (secondary N) is 1. The van der Waals surface area contributed by atoms with E-state index in [1.807, 2.05) is 6.07 Å². The maximum Gasteiger partial charge on any atom is 0.227 e. The number of nitrogens with zero attached hydrogens (tertiary/aromatic N) is 1. The lowest BCUT2D eigenvalue weighted by Gasteiger charge is -2.08. The van der Waals surface area contributed by atoms with Gasteiger partial charge in [0.15, 0.2) is 0 Å². The molecule has 0 aliphatic heterocycles. The van der Waals surface area contributed by atoms with Crippen LogP contribution in [-0.4, -0.2) is 12.5 Å². The largest absolute Gasteiger partial charge is 0.493 e. The lowest BCUT2D eigenvalue weighted by molar-refractivity contribution is -0.116. The van der Waals surface area contributed by atoms with E-state index in [1.165, 1.54) is 24.3 Å². The van der Waals surface area contributed by atoms with E-state index in [2.05, 4.69) is 5.32 Å². The molecule has 1 N–H and O–H groups in total. The van der Waals surface area contributed by atoms with Crippen molar-refractivity contribution >= 4 is 11.6 Å². The van der Waals surface area contributed by atoms with E-state index in [9.17, 15) is 9.18 Å². The Morgan fingerprint density at radius 2 is 1.90 bits per heavy atom. The molecular formula is C16H13FN2O2. The molecule has 1 amide bonds. The fourth-order valence-electron chi connectivity index (χ4n) is 1.69. The predicted octanol–water partition coefficient (Wildman–Crippen LogP) is 3.10. The van der Waals surface area contributed by atoms with Gasteiger partial charge in [0.2, 0.25) is 5.91 Å². The minimum Gasteiger partial charge on any atom is -0.493 e. The summed E-state index contributed by atoms with van der Waals surface area (Å²) in [4.78, 5) is 11.8. The highest BCUT2D eigenvalue weighted by molar-refractivity contribution is 5.92. The molecule has 21 heavy (non-hydrogen) atoms. The standard InChI is InChI=1S/C16H13FN2O2/c17-13-5-7-14(8-6-13)21-10-9-16(20)19-15-4-2-1-3-12(15)11-18/h1-8H,9-10H2,(H,19,20). The zero-order chi connectivity index (χ0) is 15.1. The van der Waals surface area contributed by atoms with E-state index in [4.69, 9.17) is 10.00 Å². The number of nitriles is 1. The summed E-state index contributed by atoms with van der Waals surface area (Å²) in [6.07, 6.45) is 0.136. The molecule has 0 radical (unpaired) electrons. The third-order valence-electron chi connectivity index (χ3n) is 2.73. The molecule has 0 fully saturated rings. The molecule has 0 saturated heterocycles. The van der Waals surface area contributed by atoms with E-state index in [-0.39, 0.29) is 24.8 Å². The average molecular weight is 284 g/mol. The third kappa shape index (κ3) is 4.32. The van der Waals surface area contributed by atoms with Crippen LogP contribution in [0.5, 0.6) is 5.75 Å². The highest BCUT2D eigenvalue weighted by atomic mass is 19.1. The first kappa shape index (κ1) is 14.5. The fourth-order valence-corrected chi connectivity index (χ4v) is 1.69. The second kappa shape index (κ2) is 7.06. The van der Waals surface area contributed by atoms with Crippen molar-refractivity contribution in [3.63, 3.8) is 0 Å². The minimum atomic E-state index is -0.340. The highest BCUT2D eigenvalue weighted by Crippen LogP contribution is 2.14. The van der Waals surface area contributed by atoms with Crippen molar-refractivity contribution in [2.24, 2.45) is 0 Å². The summed E-state index contributed by atoms with van der Waals surface area (Å²) in [5.74, 6) is -0.0883. The molecule has 2 rings (SSSR count). The summed E-state index contributed by atoms with van der Waals surface area (Å²) in [6.45, 7) is 0.173. The van der Waals surface area contributed by atoms with Crippen LogP contribution in [0.3, 0.4) is 0 Å². The van der Waals surface area contributed by atoms with Gasteiger partial charge in [-0.2, -0.15) is 5.26 Å². The van der Waals surface area contributed by atoms with Crippen LogP contribution in [0.1, 0.15) is 12.0 Å². The van der Waals surface area contributed by atoms with Gasteiger partial charge in [0.05, 0.1) is 24.3 Å². The van der Waals surface area contributed by atoms with Gasteiger partial charge in [-0.1, -0.05) is 12.1 Å². The molecule has 106 valence electrons. The number of amides is 1. The second-order valence-corrected chi connectivity index (χ2v) is 4.26. The van der Waals surface area contributed by atoms with E-state index >= 15 is 0 Å². The number of ether oxygens (including phenoxy) is 1. The molecule has 0 unspecified atom stereocenters. The second-order valence-electron chi connectivity index (χ2n) is 4.26. The number of para-hydroxylation sites is 1. The van der Waals surface area contributed by atoms with Gasteiger partial charge in [0.25, 0.3) is 0 Å². The molecule has 5 heteroatoms. The van der Waals surface area contributed by atoms with Gasteiger partial charge in [-0.15, -0.1) is 0 Å². The van der Waals surface area contributed by atoms with Crippen LogP contribution in [0.2, 0.25) is 0 Å². The zero-order valence-electron chi connectivity index (χ0n) is 11.2. The Morgan fingerprint density at radius 3 is 2.62 bits per heavy atom. The number of benzene rings is 2. The number of rotatable bonds is 5. The van der Waals surface area contributed by atoms with Gasteiger partial charge in [0, 0.05) is 0 Å². The van der Waals surface area contributed by atoms with Gasteiger partial charge >= 0.3 is 0 Å². The van der Waals surface area contributed by atoms with Crippen molar-refractivity contribution in [1.29, 1.82) is 5.26 Å². The normalized spacial score (nSPS) is 9.71. The number of anilines is 1. The Morgan fingerprint density at radius 1 is 1.19 bits per heavy atom. The molecular weight excluding hydrogens is 271 g/mol. The van der Waals surface area contributed by atoms with Crippen molar-refractivity contribution in [2.75, 3.05) is 11.9 Å². The monoisotopic (exact) mass is 284 g/mol. The first-order chi connectivity index (χ1) is 10.2. The van der Waals surface area contributed by atoms with E-state index in [0.29, 0.717) is 17.0 Å². The maximum atomic E-state index is 12.7. The number of hydrogen-bond acceptors (Lipinski definition) is 3. The molecule has 2 aromatic carbocycles. The van der Waals surface area contributed by atoms with E-state index in [1.54, 1.807) is 24.3 Å². The van der Waals surface area contributed by atoms with Crippen molar-refractivity contribution in [2.45, 2.75) is 6.42 Å². The Labute approximate surface area is 121 Å². The molecule has 0 bridgehead atoms. The summed E-state index contributed by atoms with van der Waals surface area (Å²) in [5, 5.41) is 11.6. The third-order valence-corrected chi connectivity index (χ3v) is 2.73. The zero-order valence-corrected chi connectivity index (χ0v) is 11.2. The van der Waals surface area contributed by atoms with Crippen molar-refractivity contribution in [3.05, 3.63) is 59.9 Å². The van der Waals surface area contributed by atoms with Gasteiger partial charge in [-0.05, 0) is 36.4 Å². The Hall–Kier alpha value is -2.87. The number of halogens is 1. The molecule has 0 spiro atoms. The number of carbonyl (C=O) groups excluding carboxylic acids is 1. The van der Waals surface area contributed by atoms with Crippen LogP contribution >= 0.6 is 0 Å². The van der Waals surface area contributed by atoms with Crippen LogP contribution in [0.15, 0.2) is 48.5 Å². The SMILES string of the molecule is N#Cc1ccccc1NC(=O)CCOc1ccc(F)cc1. The van der Waals surface area contributed by atoms with Crippen LogP contribution in [-0.2, 0) is 4.79 Å². The molecule has 0 aliphatic rings. The predicted molar refractivity (Wildman–Crippen MR) is 76.3 cm³/mol. The van der Waals surface area contributed by atoms with E-state index < -0.39 is 0 Å². The quantitative estimate of drug-likeness (QED) is 0.917. The molecule has 0 atom stereocenters. The van der Waals surface area contributed by atoms with Crippen LogP contribution in [0, 0.1) is 17.1 Å². The summed E-state index contributed by atoms with van der Waals surface area (Å²) in [6, 6.07) is 14.3. The van der Waals surface area contributed by atoms with Gasteiger partial charge < -0.3 is 10.1 Å². The summed E-state index contributed by atoms with van der Waals surface area (Å²) in [7, 11) is 0. The van der Waals surface area contributed by atoms with Crippen LogP contribution in [0.25, 0.3) is 0 Å². The number of carbonyl (C=O) groups is 1. The van der Waals surface area contributed by atoms with Gasteiger partial charge in [-0.3, -0.25) is 4.79 Å². The van der Waals surface area contributed by atoms with E-state index in [0.717, 1.165) is 0 Å². The van der Waals surface area contributed by atoms with Crippen LogP contribution < -0.4 is 10.1 Å². The van der Waals surface area contributed by atoms with Gasteiger partial charge in [0.1, 0.15) is 17.6 Å². The minimum absolute atomic E-state index is 0.136. The fraction of sp³-hybridized carbons (Fsp3) is 0.125. The molecule has 0 aromatic heterocycles. The van der Waals surface area contributed by atoms with Crippen molar-refractivity contribution < 1.29 is 13.9 Å². The highest BCUT2D eigenvalue weighted by Gasteiger charge is 2.06. The number of hydrogen-bond donors (Lipinski definition) is 1.